The average molecular weight is 901 g/mol. The van der Waals surface area contributed by atoms with Crippen molar-refractivity contribution in [1.29, 1.82) is 0 Å². The summed E-state index contributed by atoms with van der Waals surface area (Å²) in [5.74, 6) is -0.519. The predicted molar refractivity (Wildman–Crippen MR) is 180 cm³/mol. The summed E-state index contributed by atoms with van der Waals surface area (Å²) in [5, 5.41) is 0. The topological polar surface area (TPSA) is 0 Å². The van der Waals surface area contributed by atoms with Crippen LogP contribution in [0.4, 0.5) is 0 Å². The van der Waals surface area contributed by atoms with E-state index in [0.29, 0.717) is 6.34 Å². The van der Waals surface area contributed by atoms with Gasteiger partial charge in [-0.05, 0) is 0 Å². The Morgan fingerprint density at radius 2 is 1.15 bits per heavy atom. The summed E-state index contributed by atoms with van der Waals surface area (Å²) in [7, 11) is 0. The molecule has 4 rings (SSSR count). The third kappa shape index (κ3) is 8.97. The summed E-state index contributed by atoms with van der Waals surface area (Å²) < 4.78 is 5.00. The Kier molecular flexibility index (Phi) is 15.0. The molecule has 3 heteroatoms. The molecule has 0 saturated heterocycles. The van der Waals surface area contributed by atoms with E-state index >= 15 is 0 Å². The standard InChI is InChI=1S/4C9H13.C2H7Si.2Hf/c2*1-3-5-9-7-4-6-8(9)2;2*1-2-3-6-9-7-4-5-8-9;1-3-2;;/h2*4,6-7H,3,5H2,1-2H3;2*4,7H,2-3,5-6H2,1H3;3H,1-2H3;;. The SMILES string of the molecule is CCCCC1=[C]([Hf]([C]2=C(CCCC)C=CC2)[SiH](C)C)CC=C1.CCC[C]1([Hf][C]2(CCC)C=CC=C2C)C=CC=C1C. The first-order chi connectivity index (χ1) is 19.8. The van der Waals surface area contributed by atoms with Crippen LogP contribution in [0.15, 0.2) is 89.7 Å². The maximum absolute atomic E-state index is 2.65. The van der Waals surface area contributed by atoms with Crippen LogP contribution in [0.2, 0.25) is 19.4 Å². The van der Waals surface area contributed by atoms with E-state index < -0.39 is 49.5 Å². The molecular weight excluding hydrogens is 841 g/mol. The summed E-state index contributed by atoms with van der Waals surface area (Å²) in [5.41, 5.74) is 6.83. The molecule has 0 bridgehead atoms. The molecule has 223 valence electrons. The average Bonchev–Trinajstić information content (AvgIpc) is 3.73. The second-order valence-corrected chi connectivity index (χ2v) is 47.1. The van der Waals surface area contributed by atoms with Gasteiger partial charge in [0.15, 0.2) is 0 Å². The van der Waals surface area contributed by atoms with Gasteiger partial charge in [-0.15, -0.1) is 0 Å². The number of hydrogen-bond donors (Lipinski definition) is 0. The van der Waals surface area contributed by atoms with Crippen LogP contribution in [0.5, 0.6) is 0 Å². The van der Waals surface area contributed by atoms with Gasteiger partial charge in [0.05, 0.1) is 0 Å². The minimum atomic E-state index is -1.72. The molecule has 4 aliphatic carbocycles. The number of rotatable bonds is 15. The van der Waals surface area contributed by atoms with Crippen molar-refractivity contribution in [3.05, 3.63) is 89.7 Å². The first-order valence-electron chi connectivity index (χ1n) is 16.9. The summed E-state index contributed by atoms with van der Waals surface area (Å²) in [4.78, 5) is 0. The normalized spacial score (nSPS) is 24.5. The Morgan fingerprint density at radius 3 is 1.46 bits per heavy atom. The van der Waals surface area contributed by atoms with Crippen molar-refractivity contribution in [2.24, 2.45) is 0 Å². The third-order valence-electron chi connectivity index (χ3n) is 9.48. The molecule has 0 saturated carbocycles. The molecule has 0 aliphatic heterocycles. The van der Waals surface area contributed by atoms with Crippen LogP contribution in [0.3, 0.4) is 0 Å². The molecule has 0 aromatic carbocycles. The van der Waals surface area contributed by atoms with Gasteiger partial charge >= 0.3 is 277 Å². The van der Waals surface area contributed by atoms with Crippen LogP contribution in [0, 0.1) is 0 Å². The van der Waals surface area contributed by atoms with Crippen molar-refractivity contribution >= 4 is 5.98 Å². The van der Waals surface area contributed by atoms with Gasteiger partial charge in [-0.1, -0.05) is 0 Å². The first kappa shape index (κ1) is 35.4. The van der Waals surface area contributed by atoms with Crippen LogP contribution in [-0.2, 0) is 43.5 Å². The van der Waals surface area contributed by atoms with E-state index in [4.69, 9.17) is 0 Å². The molecule has 2 atom stereocenters. The van der Waals surface area contributed by atoms with Gasteiger partial charge in [0.2, 0.25) is 0 Å². The fourth-order valence-corrected chi connectivity index (χ4v) is 45.1. The Hall–Kier alpha value is -0.123. The molecule has 0 heterocycles. The Labute approximate surface area is 274 Å². The molecule has 0 aromatic rings. The monoisotopic (exact) mass is 903 g/mol. The predicted octanol–water partition coefficient (Wildman–Crippen LogP) is 12.4. The summed E-state index contributed by atoms with van der Waals surface area (Å²) in [6.07, 6.45) is 40.4. The molecular formula is C38H59Hf2Si. The first-order valence-corrected chi connectivity index (χ1v) is 33.2. The Morgan fingerprint density at radius 1 is 0.707 bits per heavy atom. The fraction of sp³-hybridized carbons (Fsp3) is 0.579. The molecule has 41 heavy (non-hydrogen) atoms. The van der Waals surface area contributed by atoms with E-state index in [2.05, 4.69) is 115 Å². The molecule has 0 amide bonds. The van der Waals surface area contributed by atoms with Crippen molar-refractivity contribution in [3.8, 4) is 0 Å². The van der Waals surface area contributed by atoms with Gasteiger partial charge < -0.3 is 0 Å². The summed E-state index contributed by atoms with van der Waals surface area (Å²) in [6, 6.07) is 0. The summed E-state index contributed by atoms with van der Waals surface area (Å²) in [6.45, 7) is 19.3. The van der Waals surface area contributed by atoms with Crippen LogP contribution in [0.25, 0.3) is 0 Å². The number of allylic oxidation sites excluding steroid dienone is 16. The number of hydrogen-bond acceptors (Lipinski definition) is 0. The van der Waals surface area contributed by atoms with Crippen molar-refractivity contribution < 1.29 is 43.5 Å². The maximum atomic E-state index is 2.65. The number of unbranched alkanes of at least 4 members (excludes halogenated alkanes) is 2. The summed E-state index contributed by atoms with van der Waals surface area (Å²) >= 11 is -2.61. The van der Waals surface area contributed by atoms with Gasteiger partial charge in [0, 0.05) is 0 Å². The zero-order valence-corrected chi connectivity index (χ0v) is 36.2. The van der Waals surface area contributed by atoms with E-state index in [1.165, 1.54) is 77.0 Å². The van der Waals surface area contributed by atoms with Crippen molar-refractivity contribution in [2.45, 2.75) is 138 Å². The molecule has 0 radical (unpaired) electrons. The van der Waals surface area contributed by atoms with Gasteiger partial charge in [-0.25, -0.2) is 0 Å². The minimum absolute atomic E-state index is 0.494. The molecule has 0 aromatic heterocycles. The molecule has 2 unspecified atom stereocenters. The van der Waals surface area contributed by atoms with Gasteiger partial charge in [0.1, 0.15) is 0 Å². The second-order valence-electron chi connectivity index (χ2n) is 13.0. The van der Waals surface area contributed by atoms with Gasteiger partial charge in [-0.2, -0.15) is 0 Å². The Balaban J connectivity index is 0.000000228. The van der Waals surface area contributed by atoms with Crippen LogP contribution in [0.1, 0.15) is 119 Å². The molecule has 0 spiro atoms. The molecule has 4 aliphatic rings. The second kappa shape index (κ2) is 17.4. The van der Waals surface area contributed by atoms with Crippen LogP contribution >= 0.6 is 0 Å². The zero-order chi connectivity index (χ0) is 29.9. The van der Waals surface area contributed by atoms with E-state index in [9.17, 15) is 0 Å². The molecule has 0 nitrogen and oxygen atoms in total. The Bertz CT molecular complexity index is 1040. The van der Waals surface area contributed by atoms with E-state index in [1.54, 1.807) is 22.3 Å². The molecule has 0 N–H and O–H groups in total. The van der Waals surface area contributed by atoms with Gasteiger partial charge in [0.25, 0.3) is 0 Å². The van der Waals surface area contributed by atoms with Crippen molar-refractivity contribution in [3.63, 3.8) is 0 Å². The van der Waals surface area contributed by atoms with Crippen molar-refractivity contribution in [1.82, 2.24) is 0 Å². The zero-order valence-electron chi connectivity index (χ0n) is 27.8. The quantitative estimate of drug-likeness (QED) is 0.144. The van der Waals surface area contributed by atoms with E-state index in [0.717, 1.165) is 0 Å². The van der Waals surface area contributed by atoms with Crippen LogP contribution < -0.4 is 0 Å². The van der Waals surface area contributed by atoms with Gasteiger partial charge in [-0.3, -0.25) is 0 Å². The molecule has 0 fully saturated rings. The third-order valence-corrected chi connectivity index (χ3v) is 46.3. The van der Waals surface area contributed by atoms with E-state index in [-0.39, 0.29) is 0 Å². The fourth-order valence-electron chi connectivity index (χ4n) is 7.18. The van der Waals surface area contributed by atoms with Crippen LogP contribution in [-0.4, -0.2) is 5.98 Å². The van der Waals surface area contributed by atoms with E-state index in [1.807, 2.05) is 6.66 Å². The van der Waals surface area contributed by atoms with Crippen molar-refractivity contribution in [2.75, 3.05) is 0 Å².